The third kappa shape index (κ3) is 5.52. The Kier molecular flexibility index (Phi) is 8.08. The van der Waals surface area contributed by atoms with Gasteiger partial charge in [-0.1, -0.05) is 18.2 Å². The number of benzene rings is 2. The number of nitrogens with zero attached hydrogens (tertiary/aromatic N) is 6. The van der Waals surface area contributed by atoms with Gasteiger partial charge < -0.3 is 14.2 Å². The molecule has 0 radical (unpaired) electrons. The number of sulfonamides is 1. The third-order valence-electron chi connectivity index (χ3n) is 6.00. The van der Waals surface area contributed by atoms with Crippen molar-refractivity contribution in [3.63, 3.8) is 0 Å². The van der Waals surface area contributed by atoms with Crippen LogP contribution in [0.15, 0.2) is 54.9 Å². The molecule has 0 bridgehead atoms. The summed E-state index contributed by atoms with van der Waals surface area (Å²) in [6.07, 6.45) is 2.22. The van der Waals surface area contributed by atoms with Crippen LogP contribution in [-0.2, 0) is 14.8 Å². The summed E-state index contributed by atoms with van der Waals surface area (Å²) in [5.74, 6) is 1.11. The third-order valence-corrected chi connectivity index (χ3v) is 7.69. The zero-order valence-electron chi connectivity index (χ0n) is 22.0. The van der Waals surface area contributed by atoms with Gasteiger partial charge in [0.15, 0.2) is 11.6 Å². The molecule has 2 heterocycles. The molecule has 1 N–H and O–H groups in total. The molecule has 0 aliphatic rings. The second-order valence-corrected chi connectivity index (χ2v) is 10.6. The number of nitrogens with one attached hydrogen (secondary N) is 1. The molecule has 0 saturated heterocycles. The highest BCUT2D eigenvalue weighted by molar-refractivity contribution is 7.93. The normalized spacial score (nSPS) is 12.8. The number of nitriles is 1. The summed E-state index contributed by atoms with van der Waals surface area (Å²) in [6.45, 7) is 3.32. The molecule has 2 atom stereocenters. The molecule has 13 heteroatoms. The highest BCUT2D eigenvalue weighted by atomic mass is 32.2. The van der Waals surface area contributed by atoms with Crippen LogP contribution in [-0.4, -0.2) is 59.7 Å². The Hall–Kier alpha value is -4.54. The highest BCUT2D eigenvalue weighted by Crippen LogP contribution is 2.38. The van der Waals surface area contributed by atoms with Crippen molar-refractivity contribution in [3.05, 3.63) is 71.8 Å². The molecule has 4 aromatic rings. The summed E-state index contributed by atoms with van der Waals surface area (Å²) in [4.78, 5) is 8.48. The first kappa shape index (κ1) is 27.5. The Morgan fingerprint density at radius 1 is 1.00 bits per heavy atom. The van der Waals surface area contributed by atoms with E-state index >= 15 is 0 Å². The quantitative estimate of drug-likeness (QED) is 0.311. The van der Waals surface area contributed by atoms with Gasteiger partial charge in [-0.2, -0.15) is 5.26 Å². The van der Waals surface area contributed by atoms with Crippen LogP contribution in [0.4, 0.5) is 5.95 Å². The Morgan fingerprint density at radius 3 is 2.23 bits per heavy atom. The minimum absolute atomic E-state index is 0.123. The van der Waals surface area contributed by atoms with Crippen molar-refractivity contribution >= 4 is 16.0 Å². The standard InChI is InChI=1S/C26H27N7O5S/c1-16-14-28-24(29-15-16)23(38-5)17(2)39(34,35)32-26-31-30-25(19-9-6-8-18(12-19)13-27)33(26)22-20(36-3)10-7-11-21(22)37-4/h6-12,14-15,17,23H,1-5H3,(H,31,32). The number of hydrogen-bond donors (Lipinski definition) is 1. The average molecular weight is 550 g/mol. The van der Waals surface area contributed by atoms with Crippen molar-refractivity contribution < 1.29 is 22.6 Å². The van der Waals surface area contributed by atoms with Gasteiger partial charge in [-0.15, -0.1) is 10.2 Å². The molecule has 0 spiro atoms. The zero-order chi connectivity index (χ0) is 28.2. The number of aromatic nitrogens is 5. The Morgan fingerprint density at radius 2 is 1.64 bits per heavy atom. The first-order valence-corrected chi connectivity index (χ1v) is 13.3. The minimum atomic E-state index is -4.15. The van der Waals surface area contributed by atoms with E-state index in [0.29, 0.717) is 28.3 Å². The SMILES string of the molecule is COc1cccc(OC)c1-n1c(NS(=O)(=O)C(C)C(OC)c2ncc(C)cn2)nnc1-c1cccc(C#N)c1. The topological polar surface area (TPSA) is 154 Å². The Labute approximate surface area is 226 Å². The first-order chi connectivity index (χ1) is 18.7. The van der Waals surface area contributed by atoms with E-state index in [9.17, 15) is 13.7 Å². The van der Waals surface area contributed by atoms with Gasteiger partial charge in [-0.3, -0.25) is 9.29 Å². The molecule has 39 heavy (non-hydrogen) atoms. The maximum atomic E-state index is 13.6. The van der Waals surface area contributed by atoms with Crippen LogP contribution in [0.3, 0.4) is 0 Å². The fourth-order valence-electron chi connectivity index (χ4n) is 3.97. The largest absolute Gasteiger partial charge is 0.494 e. The van der Waals surface area contributed by atoms with Gasteiger partial charge in [0.05, 0.1) is 25.9 Å². The molecule has 12 nitrogen and oxygen atoms in total. The van der Waals surface area contributed by atoms with Crippen LogP contribution < -0.4 is 14.2 Å². The highest BCUT2D eigenvalue weighted by Gasteiger charge is 2.35. The number of para-hydroxylation sites is 1. The van der Waals surface area contributed by atoms with Crippen molar-refractivity contribution in [2.75, 3.05) is 26.1 Å². The lowest BCUT2D eigenvalue weighted by atomic mass is 10.1. The summed E-state index contributed by atoms with van der Waals surface area (Å²) < 4.78 is 48.0. The predicted octanol–water partition coefficient (Wildman–Crippen LogP) is 3.44. The van der Waals surface area contributed by atoms with Crippen molar-refractivity contribution in [3.8, 4) is 34.6 Å². The number of anilines is 1. The van der Waals surface area contributed by atoms with E-state index in [2.05, 4.69) is 31.0 Å². The fourth-order valence-corrected chi connectivity index (χ4v) is 5.10. The lowest BCUT2D eigenvalue weighted by Gasteiger charge is -2.23. The van der Waals surface area contributed by atoms with Gasteiger partial charge >= 0.3 is 0 Å². The summed E-state index contributed by atoms with van der Waals surface area (Å²) in [6, 6.07) is 13.9. The van der Waals surface area contributed by atoms with Gasteiger partial charge in [-0.25, -0.2) is 18.4 Å². The van der Waals surface area contributed by atoms with Gasteiger partial charge in [0, 0.05) is 25.1 Å². The van der Waals surface area contributed by atoms with Crippen molar-refractivity contribution in [2.24, 2.45) is 0 Å². The van der Waals surface area contributed by atoms with Crippen LogP contribution in [0.2, 0.25) is 0 Å². The molecule has 2 aromatic carbocycles. The Balaban J connectivity index is 1.86. The molecule has 2 aromatic heterocycles. The number of aryl methyl sites for hydroxylation is 1. The van der Waals surface area contributed by atoms with Crippen molar-refractivity contribution in [1.29, 1.82) is 5.26 Å². The summed E-state index contributed by atoms with van der Waals surface area (Å²) in [7, 11) is 0.208. The average Bonchev–Trinajstić information content (AvgIpc) is 3.35. The second kappa shape index (κ2) is 11.5. The van der Waals surface area contributed by atoms with Crippen LogP contribution in [0.1, 0.15) is 30.0 Å². The summed E-state index contributed by atoms with van der Waals surface area (Å²) in [5.41, 5.74) is 2.11. The van der Waals surface area contributed by atoms with Crippen molar-refractivity contribution in [1.82, 2.24) is 24.7 Å². The molecule has 2 unspecified atom stereocenters. The maximum absolute atomic E-state index is 13.6. The van der Waals surface area contributed by atoms with Gasteiger partial charge in [0.2, 0.25) is 16.0 Å². The van der Waals surface area contributed by atoms with Crippen molar-refractivity contribution in [2.45, 2.75) is 25.2 Å². The molecule has 202 valence electrons. The minimum Gasteiger partial charge on any atom is -0.494 e. The van der Waals surface area contributed by atoms with E-state index in [1.54, 1.807) is 54.9 Å². The second-order valence-electron chi connectivity index (χ2n) is 8.51. The smallest absolute Gasteiger partial charge is 0.243 e. The molecule has 0 amide bonds. The molecule has 0 saturated carbocycles. The van der Waals surface area contributed by atoms with Crippen LogP contribution in [0.5, 0.6) is 11.5 Å². The van der Waals surface area contributed by atoms with E-state index in [-0.39, 0.29) is 17.6 Å². The summed E-state index contributed by atoms with van der Waals surface area (Å²) in [5, 5.41) is 16.7. The molecular formula is C26H27N7O5S. The molecule has 4 rings (SSSR count). The monoisotopic (exact) mass is 549 g/mol. The summed E-state index contributed by atoms with van der Waals surface area (Å²) >= 11 is 0. The van der Waals surface area contributed by atoms with Gasteiger partial charge in [0.1, 0.15) is 28.5 Å². The number of methoxy groups -OCH3 is 3. The Bertz CT molecular complexity index is 1590. The molecule has 0 aliphatic heterocycles. The lowest BCUT2D eigenvalue weighted by molar-refractivity contribution is 0.0949. The maximum Gasteiger partial charge on any atom is 0.243 e. The zero-order valence-corrected chi connectivity index (χ0v) is 22.8. The fraction of sp³-hybridized carbons (Fsp3) is 0.269. The number of ether oxygens (including phenoxy) is 3. The van der Waals surface area contributed by atoms with Gasteiger partial charge in [0.25, 0.3) is 0 Å². The predicted molar refractivity (Wildman–Crippen MR) is 143 cm³/mol. The molecular weight excluding hydrogens is 522 g/mol. The molecule has 0 fully saturated rings. The van der Waals surface area contributed by atoms with Gasteiger partial charge in [-0.05, 0) is 43.7 Å². The molecule has 0 aliphatic carbocycles. The van der Waals surface area contributed by atoms with E-state index in [0.717, 1.165) is 5.56 Å². The van der Waals surface area contributed by atoms with E-state index in [4.69, 9.17) is 14.2 Å². The van der Waals surface area contributed by atoms with E-state index in [1.807, 2.05) is 6.92 Å². The van der Waals surface area contributed by atoms with Crippen LogP contribution in [0.25, 0.3) is 17.1 Å². The van der Waals surface area contributed by atoms with E-state index in [1.165, 1.54) is 32.8 Å². The van der Waals surface area contributed by atoms with E-state index < -0.39 is 21.4 Å². The number of rotatable bonds is 10. The first-order valence-electron chi connectivity index (χ1n) is 11.7. The number of hydrogen-bond acceptors (Lipinski definition) is 10. The lowest BCUT2D eigenvalue weighted by Crippen LogP contribution is -2.33. The van der Waals surface area contributed by atoms with Crippen LogP contribution in [0, 0.1) is 18.3 Å². The van der Waals surface area contributed by atoms with Crippen LogP contribution >= 0.6 is 0 Å².